The summed E-state index contributed by atoms with van der Waals surface area (Å²) in [5.41, 5.74) is 0.762. The third-order valence-electron chi connectivity index (χ3n) is 4.23. The van der Waals surface area contributed by atoms with Crippen LogP contribution in [0.3, 0.4) is 0 Å². The maximum atomic E-state index is 12.2. The lowest BCUT2D eigenvalue weighted by Gasteiger charge is -2.28. The fourth-order valence-corrected chi connectivity index (χ4v) is 2.88. The summed E-state index contributed by atoms with van der Waals surface area (Å²) < 4.78 is 5.26. The van der Waals surface area contributed by atoms with Crippen molar-refractivity contribution in [3.05, 3.63) is 29.8 Å². The van der Waals surface area contributed by atoms with E-state index >= 15 is 0 Å². The second-order valence-electron chi connectivity index (χ2n) is 6.26. The van der Waals surface area contributed by atoms with E-state index in [2.05, 4.69) is 0 Å². The van der Waals surface area contributed by atoms with Gasteiger partial charge in [0, 0.05) is 13.1 Å². The number of benzene rings is 1. The van der Waals surface area contributed by atoms with Gasteiger partial charge in [0.1, 0.15) is 17.9 Å². The lowest BCUT2D eigenvalue weighted by molar-refractivity contribution is -0.722. The van der Waals surface area contributed by atoms with E-state index in [0.717, 1.165) is 5.56 Å². The van der Waals surface area contributed by atoms with Gasteiger partial charge in [-0.3, -0.25) is 4.79 Å². The zero-order valence-corrected chi connectivity index (χ0v) is 13.8. The number of carbonyl (C=O) groups is 1. The van der Waals surface area contributed by atoms with Crippen LogP contribution >= 0.6 is 0 Å². The van der Waals surface area contributed by atoms with Crippen molar-refractivity contribution in [2.45, 2.75) is 38.5 Å². The van der Waals surface area contributed by atoms with Crippen LogP contribution in [0.5, 0.6) is 5.75 Å². The maximum Gasteiger partial charge on any atom is 0.228 e. The summed E-state index contributed by atoms with van der Waals surface area (Å²) in [5.74, 6) is 0.324. The van der Waals surface area contributed by atoms with Crippen LogP contribution in [0.15, 0.2) is 24.3 Å². The normalized spacial score (nSPS) is 19.2. The monoisotopic (exact) mass is 323 g/mol. The molecule has 1 fully saturated rings. The van der Waals surface area contributed by atoms with E-state index in [1.54, 1.807) is 24.3 Å². The second-order valence-corrected chi connectivity index (χ2v) is 6.26. The molecule has 2 rings (SSSR count). The van der Waals surface area contributed by atoms with Crippen LogP contribution in [0.4, 0.5) is 0 Å². The summed E-state index contributed by atoms with van der Waals surface area (Å²) in [6, 6.07) is 6.58. The van der Waals surface area contributed by atoms with Gasteiger partial charge in [0.25, 0.3) is 0 Å². The van der Waals surface area contributed by atoms with E-state index in [9.17, 15) is 15.0 Å². The number of phenolic OH excluding ortho intramolecular Hbond substituents is 1. The highest BCUT2D eigenvalue weighted by molar-refractivity contribution is 5.76. The molecule has 0 radical (unpaired) electrons. The highest BCUT2D eigenvalue weighted by atomic mass is 16.5. The smallest absolute Gasteiger partial charge is 0.228 e. The lowest BCUT2D eigenvalue weighted by atomic mass is 10.0. The summed E-state index contributed by atoms with van der Waals surface area (Å²) in [5, 5.41) is 21.7. The molecule has 0 unspecified atom stereocenters. The van der Waals surface area contributed by atoms with Crippen LogP contribution in [0.2, 0.25) is 0 Å². The molecule has 128 valence electrons. The number of aromatic hydroxyl groups is 1. The molecule has 0 spiro atoms. The molecular formula is C17H27N2O4+. The molecule has 3 atom stereocenters. The largest absolute Gasteiger partial charge is 0.508 e. The first kappa shape index (κ1) is 17.7. The Morgan fingerprint density at radius 1 is 1.26 bits per heavy atom. The van der Waals surface area contributed by atoms with Crippen molar-refractivity contribution in [3.63, 3.8) is 0 Å². The van der Waals surface area contributed by atoms with Gasteiger partial charge in [-0.2, -0.15) is 0 Å². The molecule has 1 saturated heterocycles. The standard InChI is InChI=1S/C17H26N2O4/c1-12(11-16(21)19-7-9-23-10-8-19)18-13(2)17(22)14-3-5-15(20)6-4-14/h3-6,12-13,17-18,20,22H,7-11H2,1-2H3/p+1/t12-,13-,17+/m1/s1. The SMILES string of the molecule is C[C@H](CC(=O)N1CCOCC1)[NH2+][C@H](C)[C@H](O)c1ccc(O)cc1. The van der Waals surface area contributed by atoms with Gasteiger partial charge in [-0.25, -0.2) is 0 Å². The van der Waals surface area contributed by atoms with Crippen molar-refractivity contribution < 1.29 is 25.1 Å². The summed E-state index contributed by atoms with van der Waals surface area (Å²) >= 11 is 0. The van der Waals surface area contributed by atoms with Gasteiger partial charge >= 0.3 is 0 Å². The average Bonchev–Trinajstić information content (AvgIpc) is 2.55. The number of morpholine rings is 1. The predicted octanol–water partition coefficient (Wildman–Crippen LogP) is 0.0149. The minimum atomic E-state index is -0.642. The molecule has 0 bridgehead atoms. The summed E-state index contributed by atoms with van der Waals surface area (Å²) in [7, 11) is 0. The van der Waals surface area contributed by atoms with Gasteiger partial charge in [0.2, 0.25) is 5.91 Å². The summed E-state index contributed by atoms with van der Waals surface area (Å²) in [6.45, 7) is 6.49. The second kappa shape index (κ2) is 8.29. The number of carbonyl (C=O) groups excluding carboxylic acids is 1. The molecule has 4 N–H and O–H groups in total. The molecule has 23 heavy (non-hydrogen) atoms. The van der Waals surface area contributed by atoms with E-state index < -0.39 is 6.10 Å². The van der Waals surface area contributed by atoms with Crippen molar-refractivity contribution in [2.75, 3.05) is 26.3 Å². The molecule has 1 amide bonds. The third-order valence-corrected chi connectivity index (χ3v) is 4.23. The van der Waals surface area contributed by atoms with E-state index in [1.807, 2.05) is 24.1 Å². The summed E-state index contributed by atoms with van der Waals surface area (Å²) in [4.78, 5) is 14.1. The van der Waals surface area contributed by atoms with Crippen molar-refractivity contribution in [2.24, 2.45) is 0 Å². The fraction of sp³-hybridized carbons (Fsp3) is 0.588. The Bertz CT molecular complexity index is 500. The van der Waals surface area contributed by atoms with Crippen LogP contribution in [-0.4, -0.2) is 59.4 Å². The molecule has 0 aromatic heterocycles. The number of hydrogen-bond acceptors (Lipinski definition) is 4. The number of amides is 1. The fourth-order valence-electron chi connectivity index (χ4n) is 2.88. The minimum Gasteiger partial charge on any atom is -0.508 e. The molecule has 1 heterocycles. The maximum absolute atomic E-state index is 12.2. The van der Waals surface area contributed by atoms with Crippen molar-refractivity contribution in [1.29, 1.82) is 0 Å². The average molecular weight is 323 g/mol. The Labute approximate surface area is 137 Å². The molecule has 6 nitrogen and oxygen atoms in total. The molecule has 0 saturated carbocycles. The number of nitrogens with two attached hydrogens (primary N) is 1. The number of hydrogen-bond donors (Lipinski definition) is 3. The number of rotatable bonds is 6. The molecule has 1 aliphatic heterocycles. The van der Waals surface area contributed by atoms with E-state index in [4.69, 9.17) is 4.74 Å². The summed E-state index contributed by atoms with van der Waals surface area (Å²) in [6.07, 6.45) is -0.191. The van der Waals surface area contributed by atoms with Gasteiger partial charge in [-0.05, 0) is 31.5 Å². The Morgan fingerprint density at radius 3 is 2.48 bits per heavy atom. The molecule has 1 aromatic rings. The van der Waals surface area contributed by atoms with Gasteiger partial charge < -0.3 is 25.2 Å². The van der Waals surface area contributed by atoms with Crippen LogP contribution in [-0.2, 0) is 9.53 Å². The van der Waals surface area contributed by atoms with Crippen LogP contribution < -0.4 is 5.32 Å². The first-order valence-electron chi connectivity index (χ1n) is 8.15. The first-order valence-corrected chi connectivity index (χ1v) is 8.15. The van der Waals surface area contributed by atoms with Gasteiger partial charge in [-0.15, -0.1) is 0 Å². The highest BCUT2D eigenvalue weighted by Gasteiger charge is 2.25. The number of ether oxygens (including phenoxy) is 1. The van der Waals surface area contributed by atoms with Crippen molar-refractivity contribution in [3.8, 4) is 5.75 Å². The highest BCUT2D eigenvalue weighted by Crippen LogP contribution is 2.18. The van der Waals surface area contributed by atoms with Gasteiger partial charge in [0.15, 0.2) is 0 Å². The first-order chi connectivity index (χ1) is 11.0. The third kappa shape index (κ3) is 5.20. The molecule has 6 heteroatoms. The molecule has 1 aromatic carbocycles. The zero-order valence-electron chi connectivity index (χ0n) is 13.8. The van der Waals surface area contributed by atoms with Crippen LogP contribution in [0, 0.1) is 0 Å². The van der Waals surface area contributed by atoms with Crippen LogP contribution in [0.1, 0.15) is 31.9 Å². The van der Waals surface area contributed by atoms with Gasteiger partial charge in [-0.1, -0.05) is 12.1 Å². The van der Waals surface area contributed by atoms with Gasteiger partial charge in [0.05, 0.1) is 25.7 Å². The quantitative estimate of drug-likeness (QED) is 0.688. The van der Waals surface area contributed by atoms with Crippen LogP contribution in [0.25, 0.3) is 0 Å². The Hall–Kier alpha value is -1.63. The minimum absolute atomic E-state index is 0.0768. The number of nitrogens with zero attached hydrogens (tertiary/aromatic N) is 1. The Kier molecular flexibility index (Phi) is 6.38. The van der Waals surface area contributed by atoms with Crippen molar-refractivity contribution >= 4 is 5.91 Å². The zero-order chi connectivity index (χ0) is 16.8. The Balaban J connectivity index is 1.82. The number of phenols is 1. The molecular weight excluding hydrogens is 296 g/mol. The van der Waals surface area contributed by atoms with E-state index in [1.165, 1.54) is 0 Å². The lowest BCUT2D eigenvalue weighted by Crippen LogP contribution is -2.95. The van der Waals surface area contributed by atoms with E-state index in [-0.39, 0.29) is 23.7 Å². The molecule has 1 aliphatic rings. The number of aliphatic hydroxyl groups is 1. The van der Waals surface area contributed by atoms with E-state index in [0.29, 0.717) is 32.7 Å². The predicted molar refractivity (Wildman–Crippen MR) is 85.9 cm³/mol. The Morgan fingerprint density at radius 2 is 1.87 bits per heavy atom. The number of quaternary nitrogens is 1. The number of aliphatic hydroxyl groups excluding tert-OH is 1. The van der Waals surface area contributed by atoms with Crippen molar-refractivity contribution in [1.82, 2.24) is 4.90 Å². The molecule has 0 aliphatic carbocycles. The topological polar surface area (TPSA) is 86.6 Å².